The van der Waals surface area contributed by atoms with Crippen LogP contribution in [0.2, 0.25) is 0 Å². The van der Waals surface area contributed by atoms with Crippen molar-refractivity contribution in [2.24, 2.45) is 0 Å². The number of rotatable bonds is 5. The molecule has 132 valence electrons. The van der Waals surface area contributed by atoms with Crippen molar-refractivity contribution in [2.45, 2.75) is 39.0 Å². The van der Waals surface area contributed by atoms with Gasteiger partial charge in [0.1, 0.15) is 22.6 Å². The largest absolute Gasteiger partial charge is 0.466 e. The fraction of sp³-hybridized carbons (Fsp3) is 0.333. The van der Waals surface area contributed by atoms with Gasteiger partial charge in [0.2, 0.25) is 0 Å². The van der Waals surface area contributed by atoms with Gasteiger partial charge in [-0.2, -0.15) is 0 Å². The number of nitrogens with one attached hydrogen (secondary N) is 1. The van der Waals surface area contributed by atoms with Gasteiger partial charge in [0, 0.05) is 5.56 Å². The van der Waals surface area contributed by atoms with Gasteiger partial charge >= 0.3 is 0 Å². The molecule has 7 heteroatoms. The first-order valence-electron chi connectivity index (χ1n) is 7.95. The first-order valence-corrected chi connectivity index (χ1v) is 8.77. The first kappa shape index (κ1) is 17.6. The summed E-state index contributed by atoms with van der Waals surface area (Å²) in [6.07, 6.45) is -2.98. The molecule has 0 bridgehead atoms. The Labute approximate surface area is 149 Å². The van der Waals surface area contributed by atoms with Gasteiger partial charge in [-0.25, -0.2) is 4.98 Å². The van der Waals surface area contributed by atoms with Crippen LogP contribution in [0.4, 0.5) is 0 Å². The summed E-state index contributed by atoms with van der Waals surface area (Å²) in [5.41, 5.74) is 1.57. The van der Waals surface area contributed by atoms with Gasteiger partial charge < -0.3 is 19.9 Å². The number of aromatic nitrogens is 1. The molecule has 0 aliphatic heterocycles. The number of aryl methyl sites for hydroxylation is 2. The van der Waals surface area contributed by atoms with Crippen LogP contribution in [0.25, 0.3) is 10.2 Å². The SMILES string of the molecule is Cc1cc([C@H](C)NC(=O)[C@H](O)[C@@H](O)c2nc3ccccc3s2)c(C)o1. The third-order valence-corrected chi connectivity index (χ3v) is 5.14. The normalized spacial score (nSPS) is 15.1. The molecule has 1 amide bonds. The Bertz CT molecular complexity index is 869. The number of hydrogen-bond acceptors (Lipinski definition) is 6. The number of thiazole rings is 1. The van der Waals surface area contributed by atoms with E-state index in [2.05, 4.69) is 10.3 Å². The lowest BCUT2D eigenvalue weighted by Crippen LogP contribution is -2.39. The Morgan fingerprint density at radius 2 is 2.00 bits per heavy atom. The molecule has 6 nitrogen and oxygen atoms in total. The van der Waals surface area contributed by atoms with Crippen molar-refractivity contribution in [3.63, 3.8) is 0 Å². The average Bonchev–Trinajstić information content (AvgIpc) is 3.15. The highest BCUT2D eigenvalue weighted by molar-refractivity contribution is 7.18. The molecule has 3 N–H and O–H groups in total. The Hall–Kier alpha value is -2.22. The number of nitrogens with zero attached hydrogens (tertiary/aromatic N) is 1. The van der Waals surface area contributed by atoms with Crippen molar-refractivity contribution in [1.29, 1.82) is 0 Å². The molecular formula is C18H20N2O4S. The van der Waals surface area contributed by atoms with Crippen LogP contribution in [0.5, 0.6) is 0 Å². The molecule has 0 saturated heterocycles. The second-order valence-electron chi connectivity index (χ2n) is 6.01. The van der Waals surface area contributed by atoms with Gasteiger partial charge in [-0.15, -0.1) is 11.3 Å². The maximum atomic E-state index is 12.3. The number of aliphatic hydroxyl groups is 2. The van der Waals surface area contributed by atoms with Crippen molar-refractivity contribution >= 4 is 27.5 Å². The maximum absolute atomic E-state index is 12.3. The van der Waals surface area contributed by atoms with E-state index in [9.17, 15) is 15.0 Å². The molecular weight excluding hydrogens is 340 g/mol. The van der Waals surface area contributed by atoms with Crippen LogP contribution >= 0.6 is 11.3 Å². The van der Waals surface area contributed by atoms with Crippen molar-refractivity contribution < 1.29 is 19.4 Å². The van der Waals surface area contributed by atoms with Crippen molar-refractivity contribution in [1.82, 2.24) is 10.3 Å². The summed E-state index contributed by atoms with van der Waals surface area (Å²) in [6.45, 7) is 5.44. The van der Waals surface area contributed by atoms with Crippen LogP contribution in [0, 0.1) is 13.8 Å². The standard InChI is InChI=1S/C18H20N2O4S/c1-9-8-12(11(3)24-9)10(2)19-17(23)15(21)16(22)18-20-13-6-4-5-7-14(13)25-18/h4-8,10,15-16,21-22H,1-3H3,(H,19,23)/t10-,15+,16+/m0/s1. The van der Waals surface area contributed by atoms with Crippen LogP contribution in [0.15, 0.2) is 34.7 Å². The van der Waals surface area contributed by atoms with E-state index >= 15 is 0 Å². The number of para-hydroxylation sites is 1. The topological polar surface area (TPSA) is 95.6 Å². The number of furan rings is 1. The summed E-state index contributed by atoms with van der Waals surface area (Å²) in [5.74, 6) is 0.813. The Morgan fingerprint density at radius 3 is 2.64 bits per heavy atom. The van der Waals surface area contributed by atoms with E-state index in [0.717, 1.165) is 21.5 Å². The minimum absolute atomic E-state index is 0.312. The van der Waals surface area contributed by atoms with Gasteiger partial charge in [0.25, 0.3) is 5.91 Å². The van der Waals surface area contributed by atoms with Gasteiger partial charge in [-0.3, -0.25) is 4.79 Å². The Kier molecular flexibility index (Phi) is 4.89. The van der Waals surface area contributed by atoms with E-state index in [1.165, 1.54) is 11.3 Å². The molecule has 3 rings (SSSR count). The number of carbonyl (C=O) groups is 1. The zero-order valence-electron chi connectivity index (χ0n) is 14.2. The summed E-state index contributed by atoms with van der Waals surface area (Å²) in [5, 5.41) is 23.6. The second kappa shape index (κ2) is 6.95. The van der Waals surface area contributed by atoms with Crippen LogP contribution in [-0.2, 0) is 4.79 Å². The molecule has 1 aromatic carbocycles. The molecule has 25 heavy (non-hydrogen) atoms. The molecule has 2 heterocycles. The number of carbonyl (C=O) groups excluding carboxylic acids is 1. The third kappa shape index (κ3) is 3.58. The lowest BCUT2D eigenvalue weighted by Gasteiger charge is -2.19. The van der Waals surface area contributed by atoms with E-state index < -0.39 is 18.1 Å². The van der Waals surface area contributed by atoms with Gasteiger partial charge in [0.05, 0.1) is 16.3 Å². The van der Waals surface area contributed by atoms with Crippen LogP contribution in [0.3, 0.4) is 0 Å². The van der Waals surface area contributed by atoms with Gasteiger partial charge in [-0.05, 0) is 39.0 Å². The summed E-state index contributed by atoms with van der Waals surface area (Å²) in [4.78, 5) is 16.6. The van der Waals surface area contributed by atoms with Crippen molar-refractivity contribution in [2.75, 3.05) is 0 Å². The highest BCUT2D eigenvalue weighted by Gasteiger charge is 2.29. The molecule has 0 saturated carbocycles. The number of benzene rings is 1. The second-order valence-corrected chi connectivity index (χ2v) is 7.07. The van der Waals surface area contributed by atoms with Gasteiger partial charge in [0.15, 0.2) is 6.10 Å². The van der Waals surface area contributed by atoms with E-state index in [0.29, 0.717) is 10.8 Å². The summed E-state index contributed by atoms with van der Waals surface area (Å²) in [6, 6.07) is 8.91. The minimum atomic E-state index is -1.60. The molecule has 0 aliphatic carbocycles. The van der Waals surface area contributed by atoms with Crippen molar-refractivity contribution in [3.05, 3.63) is 52.4 Å². The highest BCUT2D eigenvalue weighted by atomic mass is 32.1. The molecule has 3 aromatic rings. The summed E-state index contributed by atoms with van der Waals surface area (Å²) in [7, 11) is 0. The number of amides is 1. The molecule has 0 unspecified atom stereocenters. The summed E-state index contributed by atoms with van der Waals surface area (Å²) >= 11 is 1.26. The smallest absolute Gasteiger partial charge is 0.252 e. The monoisotopic (exact) mass is 360 g/mol. The zero-order valence-corrected chi connectivity index (χ0v) is 15.0. The molecule has 2 aromatic heterocycles. The lowest BCUT2D eigenvalue weighted by molar-refractivity contribution is -0.136. The molecule has 0 radical (unpaired) electrons. The van der Waals surface area contributed by atoms with Crippen LogP contribution < -0.4 is 5.32 Å². The quantitative estimate of drug-likeness (QED) is 0.650. The zero-order chi connectivity index (χ0) is 18.1. The number of aliphatic hydroxyl groups excluding tert-OH is 2. The minimum Gasteiger partial charge on any atom is -0.466 e. The van der Waals surface area contributed by atoms with E-state index in [-0.39, 0.29) is 6.04 Å². The third-order valence-electron chi connectivity index (χ3n) is 4.04. The van der Waals surface area contributed by atoms with Gasteiger partial charge in [-0.1, -0.05) is 12.1 Å². The van der Waals surface area contributed by atoms with Crippen molar-refractivity contribution in [3.8, 4) is 0 Å². The number of fused-ring (bicyclic) bond motifs is 1. The van der Waals surface area contributed by atoms with E-state index in [1.807, 2.05) is 44.2 Å². The Morgan fingerprint density at radius 1 is 1.28 bits per heavy atom. The fourth-order valence-electron chi connectivity index (χ4n) is 2.75. The predicted octanol–water partition coefficient (Wildman–Crippen LogP) is 2.78. The molecule has 0 aliphatic rings. The lowest BCUT2D eigenvalue weighted by atomic mass is 10.1. The van der Waals surface area contributed by atoms with Crippen LogP contribution in [-0.4, -0.2) is 27.2 Å². The maximum Gasteiger partial charge on any atom is 0.252 e. The highest BCUT2D eigenvalue weighted by Crippen LogP contribution is 2.28. The molecule has 0 fully saturated rings. The number of hydrogen-bond donors (Lipinski definition) is 3. The molecule has 3 atom stereocenters. The molecule has 0 spiro atoms. The van der Waals surface area contributed by atoms with E-state index in [1.54, 1.807) is 6.92 Å². The Balaban J connectivity index is 1.71. The average molecular weight is 360 g/mol. The summed E-state index contributed by atoms with van der Waals surface area (Å²) < 4.78 is 6.35. The fourth-order valence-corrected chi connectivity index (χ4v) is 3.74. The first-order chi connectivity index (χ1) is 11.9. The predicted molar refractivity (Wildman–Crippen MR) is 95.3 cm³/mol. The van der Waals surface area contributed by atoms with Crippen LogP contribution in [0.1, 0.15) is 41.2 Å². The van der Waals surface area contributed by atoms with E-state index in [4.69, 9.17) is 4.42 Å².